The Morgan fingerprint density at radius 2 is 1.93 bits per heavy atom. The van der Waals surface area contributed by atoms with Crippen molar-refractivity contribution < 1.29 is 19.1 Å². The summed E-state index contributed by atoms with van der Waals surface area (Å²) in [5.74, 6) is 0.673. The number of rotatable bonds is 6. The molecule has 0 unspecified atom stereocenters. The summed E-state index contributed by atoms with van der Waals surface area (Å²) in [5.41, 5.74) is 1.72. The van der Waals surface area contributed by atoms with Crippen molar-refractivity contribution in [3.05, 3.63) is 64.1 Å². The molecular weight excluding hydrogens is 388 g/mol. The predicted molar refractivity (Wildman–Crippen MR) is 111 cm³/mol. The van der Waals surface area contributed by atoms with Crippen molar-refractivity contribution >= 4 is 29.0 Å². The molecule has 0 aliphatic carbocycles. The summed E-state index contributed by atoms with van der Waals surface area (Å²) in [4.78, 5) is 26.8. The van der Waals surface area contributed by atoms with Crippen LogP contribution in [0.2, 0.25) is 0 Å². The molecule has 0 saturated carbocycles. The van der Waals surface area contributed by atoms with Crippen LogP contribution in [-0.4, -0.2) is 29.3 Å². The monoisotopic (exact) mass is 408 g/mol. The maximum absolute atomic E-state index is 12.9. The Bertz CT molecular complexity index is 1020. The van der Waals surface area contributed by atoms with E-state index in [1.54, 1.807) is 55.7 Å². The maximum Gasteiger partial charge on any atom is 0.293 e. The van der Waals surface area contributed by atoms with E-state index in [-0.39, 0.29) is 17.9 Å². The molecule has 1 fully saturated rings. The van der Waals surface area contributed by atoms with E-state index in [0.717, 1.165) is 16.7 Å². The molecule has 1 aliphatic rings. The summed E-state index contributed by atoms with van der Waals surface area (Å²) >= 11 is 0.870. The van der Waals surface area contributed by atoms with Crippen molar-refractivity contribution in [2.75, 3.05) is 7.11 Å². The fraction of sp³-hybridized carbons (Fsp3) is 0.227. The number of methoxy groups -OCH3 is 1. The molecule has 0 spiro atoms. The van der Waals surface area contributed by atoms with Gasteiger partial charge in [0.1, 0.15) is 0 Å². The number of thioether (sulfide) groups is 1. The smallest absolute Gasteiger partial charge is 0.293 e. The fourth-order valence-corrected chi connectivity index (χ4v) is 3.71. The molecule has 1 aliphatic heterocycles. The summed E-state index contributed by atoms with van der Waals surface area (Å²) in [6.45, 7) is 3.85. The lowest BCUT2D eigenvalue weighted by Crippen LogP contribution is -2.27. The normalized spacial score (nSPS) is 15.1. The van der Waals surface area contributed by atoms with Crippen LogP contribution in [-0.2, 0) is 11.3 Å². The zero-order valence-electron chi connectivity index (χ0n) is 16.3. The molecule has 148 valence electrons. The highest BCUT2D eigenvalue weighted by atomic mass is 32.2. The summed E-state index contributed by atoms with van der Waals surface area (Å²) in [5, 5.41) is 8.87. The van der Waals surface area contributed by atoms with Crippen molar-refractivity contribution in [3.8, 4) is 17.6 Å². The van der Waals surface area contributed by atoms with Gasteiger partial charge in [-0.1, -0.05) is 30.3 Å². The number of nitriles is 1. The first-order valence-corrected chi connectivity index (χ1v) is 9.83. The molecule has 0 N–H and O–H groups in total. The topological polar surface area (TPSA) is 79.6 Å². The van der Waals surface area contributed by atoms with E-state index in [1.165, 1.54) is 0 Å². The van der Waals surface area contributed by atoms with E-state index >= 15 is 0 Å². The maximum atomic E-state index is 12.9. The Morgan fingerprint density at radius 3 is 2.62 bits per heavy atom. The Morgan fingerprint density at radius 1 is 1.17 bits per heavy atom. The van der Waals surface area contributed by atoms with Crippen LogP contribution in [0.25, 0.3) is 6.08 Å². The molecule has 0 atom stereocenters. The number of nitrogens with zero attached hydrogens (tertiary/aromatic N) is 2. The fourth-order valence-electron chi connectivity index (χ4n) is 2.88. The number of carbonyl (C=O) groups is 2. The Hall–Kier alpha value is -3.24. The van der Waals surface area contributed by atoms with Crippen LogP contribution in [0.1, 0.15) is 30.5 Å². The highest BCUT2D eigenvalue weighted by molar-refractivity contribution is 8.18. The van der Waals surface area contributed by atoms with Crippen LogP contribution >= 0.6 is 11.8 Å². The standard InChI is InChI=1S/C22H20N2O4S/c1-14(2)28-20-15(9-6-10-18(20)27-3)11-19-21(25)24(22(26)29-19)13-17-8-5-4-7-16(17)12-23/h4-11,14H,13H2,1-3H3/b19-11+. The van der Waals surface area contributed by atoms with Gasteiger partial charge in [0.15, 0.2) is 11.5 Å². The van der Waals surface area contributed by atoms with Gasteiger partial charge in [0, 0.05) is 5.56 Å². The minimum atomic E-state index is -0.397. The Kier molecular flexibility index (Phi) is 6.25. The van der Waals surface area contributed by atoms with Crippen molar-refractivity contribution in [1.82, 2.24) is 4.90 Å². The van der Waals surface area contributed by atoms with Crippen LogP contribution in [0.15, 0.2) is 47.4 Å². The first-order valence-electron chi connectivity index (χ1n) is 9.01. The highest BCUT2D eigenvalue weighted by Crippen LogP contribution is 2.38. The van der Waals surface area contributed by atoms with Crippen LogP contribution in [0.4, 0.5) is 4.79 Å². The van der Waals surface area contributed by atoms with Gasteiger partial charge < -0.3 is 9.47 Å². The number of ether oxygens (including phenoxy) is 2. The number of hydrogen-bond donors (Lipinski definition) is 0. The lowest BCUT2D eigenvalue weighted by Gasteiger charge is -2.16. The second kappa shape index (κ2) is 8.84. The quantitative estimate of drug-likeness (QED) is 0.651. The molecule has 2 amide bonds. The number of benzene rings is 2. The van der Waals surface area contributed by atoms with Gasteiger partial charge in [-0.15, -0.1) is 0 Å². The van der Waals surface area contributed by atoms with Crippen LogP contribution in [0.5, 0.6) is 11.5 Å². The summed E-state index contributed by atoms with van der Waals surface area (Å²) in [6.07, 6.45) is 1.55. The van der Waals surface area contributed by atoms with Gasteiger partial charge in [-0.2, -0.15) is 5.26 Å². The first kappa shape index (κ1) is 20.5. The van der Waals surface area contributed by atoms with Gasteiger partial charge in [0.2, 0.25) is 0 Å². The van der Waals surface area contributed by atoms with Crippen LogP contribution in [0.3, 0.4) is 0 Å². The van der Waals surface area contributed by atoms with Gasteiger partial charge in [-0.3, -0.25) is 14.5 Å². The number of amides is 2. The van der Waals surface area contributed by atoms with Crippen molar-refractivity contribution in [2.24, 2.45) is 0 Å². The number of hydrogen-bond acceptors (Lipinski definition) is 6. The zero-order valence-corrected chi connectivity index (χ0v) is 17.2. The molecule has 6 nitrogen and oxygen atoms in total. The lowest BCUT2D eigenvalue weighted by atomic mass is 10.1. The van der Waals surface area contributed by atoms with Crippen LogP contribution in [0, 0.1) is 11.3 Å². The van der Waals surface area contributed by atoms with Gasteiger partial charge in [-0.25, -0.2) is 0 Å². The second-order valence-corrected chi connectivity index (χ2v) is 7.58. The molecule has 3 rings (SSSR count). The lowest BCUT2D eigenvalue weighted by molar-refractivity contribution is -0.123. The predicted octanol–water partition coefficient (Wildman–Crippen LogP) is 4.59. The molecule has 2 aromatic rings. The number of carbonyl (C=O) groups excluding carboxylic acids is 2. The molecule has 2 aromatic carbocycles. The van der Waals surface area contributed by atoms with E-state index < -0.39 is 5.91 Å². The SMILES string of the molecule is COc1cccc(/C=C2/SC(=O)N(Cc3ccccc3C#N)C2=O)c1OC(C)C. The minimum absolute atomic E-state index is 0.0548. The molecule has 1 saturated heterocycles. The summed E-state index contributed by atoms with van der Waals surface area (Å²) in [7, 11) is 1.55. The van der Waals surface area contributed by atoms with Gasteiger partial charge in [-0.05, 0) is 49.4 Å². The first-order chi connectivity index (χ1) is 13.9. The second-order valence-electron chi connectivity index (χ2n) is 6.58. The van der Waals surface area contributed by atoms with Crippen molar-refractivity contribution in [2.45, 2.75) is 26.5 Å². The summed E-state index contributed by atoms with van der Waals surface area (Å²) in [6, 6.07) is 14.4. The van der Waals surface area contributed by atoms with Crippen molar-refractivity contribution in [3.63, 3.8) is 0 Å². The molecule has 0 radical (unpaired) electrons. The van der Waals surface area contributed by atoms with Gasteiger partial charge in [0.05, 0.1) is 36.3 Å². The Labute approximate surface area is 173 Å². The third-order valence-electron chi connectivity index (χ3n) is 4.21. The Balaban J connectivity index is 1.92. The third-order valence-corrected chi connectivity index (χ3v) is 5.12. The average Bonchev–Trinajstić information content (AvgIpc) is 2.96. The minimum Gasteiger partial charge on any atom is -0.493 e. The highest BCUT2D eigenvalue weighted by Gasteiger charge is 2.35. The number of imide groups is 1. The molecule has 29 heavy (non-hydrogen) atoms. The van der Waals surface area contributed by atoms with E-state index in [0.29, 0.717) is 33.1 Å². The molecular formula is C22H20N2O4S. The summed E-state index contributed by atoms with van der Waals surface area (Å²) < 4.78 is 11.2. The van der Waals surface area contributed by atoms with Crippen molar-refractivity contribution in [1.29, 1.82) is 5.26 Å². The van der Waals surface area contributed by atoms with E-state index in [1.807, 2.05) is 13.8 Å². The molecule has 7 heteroatoms. The molecule has 0 bridgehead atoms. The van der Waals surface area contributed by atoms with Gasteiger partial charge >= 0.3 is 0 Å². The van der Waals surface area contributed by atoms with E-state index in [2.05, 4.69) is 6.07 Å². The van der Waals surface area contributed by atoms with Gasteiger partial charge in [0.25, 0.3) is 11.1 Å². The number of para-hydroxylation sites is 1. The molecule has 1 heterocycles. The van der Waals surface area contributed by atoms with E-state index in [4.69, 9.17) is 9.47 Å². The van der Waals surface area contributed by atoms with Crippen LogP contribution < -0.4 is 9.47 Å². The third kappa shape index (κ3) is 4.44. The zero-order chi connectivity index (χ0) is 21.0. The average molecular weight is 408 g/mol. The molecule has 0 aromatic heterocycles. The van der Waals surface area contributed by atoms with E-state index in [9.17, 15) is 14.9 Å². The largest absolute Gasteiger partial charge is 0.493 e.